The monoisotopic (exact) mass is 272 g/mol. The fraction of sp³-hybridized carbons (Fsp3) is 0.857. The Hall–Kier alpha value is -1.10. The van der Waals surface area contributed by atoms with Crippen LogP contribution in [0.5, 0.6) is 0 Å². The lowest BCUT2D eigenvalue weighted by Crippen LogP contribution is -2.26. The van der Waals surface area contributed by atoms with Crippen LogP contribution in [0.15, 0.2) is 0 Å². The van der Waals surface area contributed by atoms with Crippen LogP contribution in [0.1, 0.15) is 57.8 Å². The van der Waals surface area contributed by atoms with Crippen LogP contribution in [-0.4, -0.2) is 37.1 Å². The first kappa shape index (κ1) is 17.9. The molecule has 0 spiro atoms. The highest BCUT2D eigenvalue weighted by Crippen LogP contribution is 2.08. The number of hydrogen-bond donors (Lipinski definition) is 3. The van der Waals surface area contributed by atoms with Crippen molar-refractivity contribution in [3.05, 3.63) is 0 Å². The van der Waals surface area contributed by atoms with Gasteiger partial charge in [-0.3, -0.25) is 9.59 Å². The van der Waals surface area contributed by atoms with E-state index in [-0.39, 0.29) is 12.3 Å². The number of carbonyl (C=O) groups excluding carboxylic acids is 1. The summed E-state index contributed by atoms with van der Waals surface area (Å²) in [5, 5.41) is 14.4. The van der Waals surface area contributed by atoms with E-state index < -0.39 is 5.97 Å². The molecule has 0 aliphatic heterocycles. The van der Waals surface area contributed by atoms with Crippen LogP contribution in [0.2, 0.25) is 0 Å². The average molecular weight is 272 g/mol. The molecule has 0 radical (unpaired) electrons. The number of nitrogens with one attached hydrogen (secondary N) is 2. The van der Waals surface area contributed by atoms with Crippen molar-refractivity contribution in [1.29, 1.82) is 0 Å². The normalized spacial score (nSPS) is 10.4. The van der Waals surface area contributed by atoms with Crippen molar-refractivity contribution in [2.24, 2.45) is 0 Å². The summed E-state index contributed by atoms with van der Waals surface area (Å²) in [6, 6.07) is 0. The van der Waals surface area contributed by atoms with Gasteiger partial charge >= 0.3 is 5.97 Å². The Bertz CT molecular complexity index is 245. The number of aliphatic carboxylic acids is 1. The zero-order valence-corrected chi connectivity index (χ0v) is 12.0. The van der Waals surface area contributed by atoms with Gasteiger partial charge in [0.2, 0.25) is 5.91 Å². The molecule has 0 heterocycles. The average Bonchev–Trinajstić information content (AvgIpc) is 2.37. The number of rotatable bonds is 13. The highest BCUT2D eigenvalue weighted by Gasteiger charge is 2.00. The minimum Gasteiger partial charge on any atom is -0.481 e. The third-order valence-corrected chi connectivity index (χ3v) is 2.97. The summed E-state index contributed by atoms with van der Waals surface area (Å²) in [5.41, 5.74) is 0. The zero-order chi connectivity index (χ0) is 14.3. The molecule has 112 valence electrons. The van der Waals surface area contributed by atoms with Crippen molar-refractivity contribution < 1.29 is 14.7 Å². The van der Waals surface area contributed by atoms with Crippen LogP contribution in [0.3, 0.4) is 0 Å². The van der Waals surface area contributed by atoms with E-state index in [4.69, 9.17) is 5.11 Å². The molecular weight excluding hydrogens is 244 g/mol. The van der Waals surface area contributed by atoms with E-state index in [1.54, 1.807) is 0 Å². The van der Waals surface area contributed by atoms with Gasteiger partial charge in [-0.15, -0.1) is 0 Å². The van der Waals surface area contributed by atoms with Gasteiger partial charge in [0, 0.05) is 19.4 Å². The summed E-state index contributed by atoms with van der Waals surface area (Å²) < 4.78 is 0. The molecule has 1 amide bonds. The summed E-state index contributed by atoms with van der Waals surface area (Å²) in [6.07, 6.45) is 7.72. The van der Waals surface area contributed by atoms with E-state index in [0.717, 1.165) is 58.0 Å². The van der Waals surface area contributed by atoms with Crippen LogP contribution < -0.4 is 10.6 Å². The van der Waals surface area contributed by atoms with Crippen molar-refractivity contribution >= 4 is 11.9 Å². The Labute approximate surface area is 116 Å². The van der Waals surface area contributed by atoms with Crippen molar-refractivity contribution in [2.75, 3.05) is 20.1 Å². The largest absolute Gasteiger partial charge is 0.481 e. The first-order valence-corrected chi connectivity index (χ1v) is 7.30. The molecule has 0 aliphatic carbocycles. The maximum absolute atomic E-state index is 11.4. The lowest BCUT2D eigenvalue weighted by molar-refractivity contribution is -0.137. The molecule has 0 aromatic heterocycles. The summed E-state index contributed by atoms with van der Waals surface area (Å²) in [4.78, 5) is 21.7. The van der Waals surface area contributed by atoms with Crippen LogP contribution in [0, 0.1) is 0 Å². The molecule has 19 heavy (non-hydrogen) atoms. The van der Waals surface area contributed by atoms with E-state index in [1.165, 1.54) is 0 Å². The number of amides is 1. The second-order valence-electron chi connectivity index (χ2n) is 4.82. The van der Waals surface area contributed by atoms with Gasteiger partial charge < -0.3 is 15.7 Å². The molecule has 0 saturated carbocycles. The first-order chi connectivity index (χ1) is 9.16. The van der Waals surface area contributed by atoms with Crippen molar-refractivity contribution in [2.45, 2.75) is 57.8 Å². The predicted octanol–water partition coefficient (Wildman–Crippen LogP) is 1.92. The van der Waals surface area contributed by atoms with Gasteiger partial charge in [0.25, 0.3) is 0 Å². The Morgan fingerprint density at radius 2 is 1.42 bits per heavy atom. The fourth-order valence-corrected chi connectivity index (χ4v) is 1.85. The number of carboxylic acid groups (broad SMARTS) is 1. The van der Waals surface area contributed by atoms with E-state index >= 15 is 0 Å². The molecular formula is C14H28N2O3. The Balaban J connectivity index is 3.16. The number of carbonyl (C=O) groups is 2. The molecule has 0 rings (SSSR count). The smallest absolute Gasteiger partial charge is 0.303 e. The predicted molar refractivity (Wildman–Crippen MR) is 76.1 cm³/mol. The molecule has 0 unspecified atom stereocenters. The first-order valence-electron chi connectivity index (χ1n) is 7.30. The van der Waals surface area contributed by atoms with Gasteiger partial charge in [-0.25, -0.2) is 0 Å². The maximum Gasteiger partial charge on any atom is 0.303 e. The van der Waals surface area contributed by atoms with Crippen LogP contribution in [-0.2, 0) is 9.59 Å². The summed E-state index contributed by atoms with van der Waals surface area (Å²) >= 11 is 0. The van der Waals surface area contributed by atoms with Gasteiger partial charge in [-0.05, 0) is 32.9 Å². The second-order valence-corrected chi connectivity index (χ2v) is 4.82. The number of unbranched alkanes of at least 4 members (excludes halogenated alkanes) is 5. The minimum absolute atomic E-state index is 0.141. The quantitative estimate of drug-likeness (QED) is 0.448. The van der Waals surface area contributed by atoms with Gasteiger partial charge in [0.05, 0.1) is 0 Å². The van der Waals surface area contributed by atoms with Crippen molar-refractivity contribution in [3.63, 3.8) is 0 Å². The molecule has 5 nitrogen and oxygen atoms in total. The van der Waals surface area contributed by atoms with Gasteiger partial charge in [-0.2, -0.15) is 0 Å². The zero-order valence-electron chi connectivity index (χ0n) is 12.0. The topological polar surface area (TPSA) is 78.4 Å². The molecule has 0 fully saturated rings. The summed E-state index contributed by atoms with van der Waals surface area (Å²) in [6.45, 7) is 1.67. The standard InChI is InChI=1S/C14H28N2O3/c1-15-11-8-12-16-13(17)9-6-4-2-3-5-7-10-14(18)19/h15H,2-12H2,1H3,(H,16,17)(H,18,19). The van der Waals surface area contributed by atoms with Crippen molar-refractivity contribution in [1.82, 2.24) is 10.6 Å². The molecule has 5 heteroatoms. The Morgan fingerprint density at radius 3 is 2.00 bits per heavy atom. The second kappa shape index (κ2) is 13.3. The summed E-state index contributed by atoms with van der Waals surface area (Å²) in [7, 11) is 1.90. The SMILES string of the molecule is CNCCCNC(=O)CCCCCCCCC(=O)O. The van der Waals surface area contributed by atoms with Gasteiger partial charge in [0.1, 0.15) is 0 Å². The maximum atomic E-state index is 11.4. The minimum atomic E-state index is -0.713. The van der Waals surface area contributed by atoms with Crippen molar-refractivity contribution in [3.8, 4) is 0 Å². The summed E-state index contributed by atoms with van der Waals surface area (Å²) in [5.74, 6) is -0.572. The van der Waals surface area contributed by atoms with Gasteiger partial charge in [0.15, 0.2) is 0 Å². The molecule has 0 saturated heterocycles. The molecule has 0 aliphatic rings. The number of carboxylic acids is 1. The van der Waals surface area contributed by atoms with E-state index in [0.29, 0.717) is 6.42 Å². The van der Waals surface area contributed by atoms with E-state index in [2.05, 4.69) is 10.6 Å². The third kappa shape index (κ3) is 14.8. The van der Waals surface area contributed by atoms with Crippen LogP contribution in [0.4, 0.5) is 0 Å². The molecule has 0 atom stereocenters. The highest BCUT2D eigenvalue weighted by atomic mass is 16.4. The molecule has 0 aromatic rings. The highest BCUT2D eigenvalue weighted by molar-refractivity contribution is 5.75. The van der Waals surface area contributed by atoms with Crippen LogP contribution in [0.25, 0.3) is 0 Å². The Morgan fingerprint density at radius 1 is 0.842 bits per heavy atom. The third-order valence-electron chi connectivity index (χ3n) is 2.97. The molecule has 3 N–H and O–H groups in total. The van der Waals surface area contributed by atoms with Gasteiger partial charge in [-0.1, -0.05) is 25.7 Å². The van der Waals surface area contributed by atoms with E-state index in [1.807, 2.05) is 7.05 Å². The molecule has 0 bridgehead atoms. The Kier molecular flexibility index (Phi) is 12.6. The number of hydrogen-bond acceptors (Lipinski definition) is 3. The lowest BCUT2D eigenvalue weighted by atomic mass is 10.1. The van der Waals surface area contributed by atoms with Crippen LogP contribution >= 0.6 is 0 Å². The van der Waals surface area contributed by atoms with E-state index in [9.17, 15) is 9.59 Å². The fourth-order valence-electron chi connectivity index (χ4n) is 1.85. The molecule has 0 aromatic carbocycles. The lowest BCUT2D eigenvalue weighted by Gasteiger charge is -2.05.